The van der Waals surface area contributed by atoms with Gasteiger partial charge in [-0.15, -0.1) is 0 Å². The number of sulfone groups is 3. The second kappa shape index (κ2) is 19.2. The van der Waals surface area contributed by atoms with E-state index in [4.69, 9.17) is 5.11 Å². The van der Waals surface area contributed by atoms with Crippen LogP contribution in [0.5, 0.6) is 0 Å². The van der Waals surface area contributed by atoms with E-state index in [-0.39, 0.29) is 37.6 Å². The molecule has 3 N–H and O–H groups in total. The Morgan fingerprint density at radius 1 is 0.592 bits per heavy atom. The lowest BCUT2D eigenvalue weighted by atomic mass is 10.2. The molecule has 0 spiro atoms. The molecular formula is C26H22Br8N2O10S3. The monoisotopic (exact) mass is 1250 g/mol. The highest BCUT2D eigenvalue weighted by Crippen LogP contribution is 2.44. The SMILES string of the molecule is CNC(=O)c1cccc(S(=O)(=O)C(Br)(Br)Br)c1.CNC(=O)c1cccc(S(=O)(=O)C(Br)Br)c1.O=C(O)c1cccc(S(=O)(=O)C(Br)(Br)Br)c1. The molecule has 3 rings (SSSR count). The summed E-state index contributed by atoms with van der Waals surface area (Å²) in [7, 11) is -7.94. The van der Waals surface area contributed by atoms with Crippen molar-refractivity contribution in [3.63, 3.8) is 0 Å². The van der Waals surface area contributed by atoms with Gasteiger partial charge in [0.2, 0.25) is 32.5 Å². The molecule has 3 aromatic carbocycles. The van der Waals surface area contributed by atoms with Crippen LogP contribution >= 0.6 is 127 Å². The Hall–Kier alpha value is -0.240. The number of benzene rings is 3. The summed E-state index contributed by atoms with van der Waals surface area (Å²) in [4.78, 5) is 33.5. The normalized spacial score (nSPS) is 12.1. The van der Waals surface area contributed by atoms with Crippen LogP contribution in [0.3, 0.4) is 0 Å². The predicted molar refractivity (Wildman–Crippen MR) is 215 cm³/mol. The molecule has 0 atom stereocenters. The van der Waals surface area contributed by atoms with Crippen molar-refractivity contribution in [2.45, 2.75) is 20.7 Å². The van der Waals surface area contributed by atoms with Crippen LogP contribution in [0, 0.1) is 0 Å². The quantitative estimate of drug-likeness (QED) is 0.200. The highest BCUT2D eigenvalue weighted by molar-refractivity contribution is 9.42. The molecule has 23 heteroatoms. The maximum absolute atomic E-state index is 12.0. The number of alkyl halides is 8. The number of amides is 2. The van der Waals surface area contributed by atoms with E-state index in [1.807, 2.05) is 0 Å². The molecule has 0 radical (unpaired) electrons. The molecule has 12 nitrogen and oxygen atoms in total. The molecule has 2 amide bonds. The van der Waals surface area contributed by atoms with Crippen molar-refractivity contribution < 1.29 is 44.7 Å². The van der Waals surface area contributed by atoms with Crippen molar-refractivity contribution in [3.8, 4) is 0 Å². The van der Waals surface area contributed by atoms with Gasteiger partial charge in [-0.2, -0.15) is 0 Å². The molecule has 0 fully saturated rings. The highest BCUT2D eigenvalue weighted by Gasteiger charge is 2.38. The number of carboxylic acids is 1. The van der Waals surface area contributed by atoms with E-state index in [0.29, 0.717) is 5.56 Å². The van der Waals surface area contributed by atoms with Gasteiger partial charge in [0.25, 0.3) is 11.8 Å². The summed E-state index contributed by atoms with van der Waals surface area (Å²) in [6, 6.07) is 16.7. The van der Waals surface area contributed by atoms with Crippen molar-refractivity contribution in [3.05, 3.63) is 89.5 Å². The number of hydrogen-bond acceptors (Lipinski definition) is 9. The Morgan fingerprint density at radius 3 is 1.20 bits per heavy atom. The van der Waals surface area contributed by atoms with Crippen molar-refractivity contribution in [2.24, 2.45) is 0 Å². The van der Waals surface area contributed by atoms with Gasteiger partial charge in [0.1, 0.15) is 0 Å². The first kappa shape index (κ1) is 46.8. The molecule has 0 unspecified atom stereocenters. The molecule has 0 aliphatic heterocycles. The third-order valence-electron chi connectivity index (χ3n) is 5.52. The number of carbonyl (C=O) groups excluding carboxylic acids is 2. The molecule has 0 heterocycles. The number of carboxylic acid groups (broad SMARTS) is 1. The van der Waals surface area contributed by atoms with Gasteiger partial charge in [-0.25, -0.2) is 30.0 Å². The Balaban J connectivity index is 0.000000368. The van der Waals surface area contributed by atoms with Crippen LogP contribution < -0.4 is 10.6 Å². The lowest BCUT2D eigenvalue weighted by Crippen LogP contribution is -2.20. The van der Waals surface area contributed by atoms with E-state index in [1.165, 1.54) is 74.8 Å². The van der Waals surface area contributed by atoms with E-state index in [0.717, 1.165) is 6.07 Å². The topological polar surface area (TPSA) is 198 Å². The van der Waals surface area contributed by atoms with Crippen molar-refractivity contribution in [1.82, 2.24) is 10.6 Å². The summed E-state index contributed by atoms with van der Waals surface area (Å²) in [5.74, 6) is -1.84. The zero-order chi connectivity index (χ0) is 38.2. The average Bonchev–Trinajstić information content (AvgIpc) is 3.03. The van der Waals surface area contributed by atoms with Gasteiger partial charge in [0.05, 0.1) is 20.2 Å². The first-order valence-corrected chi connectivity index (χ1v) is 23.5. The molecule has 0 aromatic heterocycles. The second-order valence-corrected chi connectivity index (χ2v) is 35.9. The van der Waals surface area contributed by atoms with Crippen LogP contribution in [0.15, 0.2) is 87.5 Å². The fourth-order valence-corrected chi connectivity index (χ4v) is 10.1. The first-order valence-electron chi connectivity index (χ1n) is 12.4. The third kappa shape index (κ3) is 13.0. The zero-order valence-electron chi connectivity index (χ0n) is 24.4. The van der Waals surface area contributed by atoms with Crippen molar-refractivity contribution in [2.75, 3.05) is 14.1 Å². The van der Waals surface area contributed by atoms with Gasteiger partial charge in [0.15, 0.2) is 3.07 Å². The Bertz CT molecular complexity index is 2020. The maximum atomic E-state index is 12.0. The lowest BCUT2D eigenvalue weighted by Gasteiger charge is -2.14. The summed E-state index contributed by atoms with van der Waals surface area (Å²) in [5, 5.41) is 13.6. The van der Waals surface area contributed by atoms with Gasteiger partial charge in [-0.3, -0.25) is 9.59 Å². The molecule has 0 saturated heterocycles. The predicted octanol–water partition coefficient (Wildman–Crippen LogP) is 7.46. The lowest BCUT2D eigenvalue weighted by molar-refractivity contribution is 0.0696. The summed E-state index contributed by atoms with van der Waals surface area (Å²) < 4.78 is 67.6. The van der Waals surface area contributed by atoms with Gasteiger partial charge in [-0.05, 0) is 150 Å². The fraction of sp³-hybridized carbons (Fsp3) is 0.192. The summed E-state index contributed by atoms with van der Waals surface area (Å²) >= 11 is 23.4. The summed E-state index contributed by atoms with van der Waals surface area (Å²) in [6.07, 6.45) is 0. The molecule has 49 heavy (non-hydrogen) atoms. The minimum atomic E-state index is -3.75. The van der Waals surface area contributed by atoms with Crippen molar-refractivity contribution in [1.29, 1.82) is 0 Å². The Morgan fingerprint density at radius 2 is 0.898 bits per heavy atom. The number of hydrogen-bond donors (Lipinski definition) is 3. The van der Waals surface area contributed by atoms with E-state index in [9.17, 15) is 39.6 Å². The number of carbonyl (C=O) groups is 3. The van der Waals surface area contributed by atoms with Crippen LogP contribution in [0.4, 0.5) is 0 Å². The van der Waals surface area contributed by atoms with Crippen LogP contribution in [0.2, 0.25) is 0 Å². The van der Waals surface area contributed by atoms with E-state index < -0.39 is 41.5 Å². The number of halogens is 8. The number of rotatable bonds is 7. The second-order valence-electron chi connectivity index (χ2n) is 8.75. The summed E-state index contributed by atoms with van der Waals surface area (Å²) in [6.45, 7) is 0. The first-order chi connectivity index (χ1) is 22.2. The molecule has 0 aliphatic rings. The Kier molecular flexibility index (Phi) is 18.3. The molecule has 0 saturated carbocycles. The van der Waals surface area contributed by atoms with Crippen LogP contribution in [-0.4, -0.2) is 68.3 Å². The molecular weight excluding hydrogens is 1240 g/mol. The van der Waals surface area contributed by atoms with E-state index in [2.05, 4.69) is 138 Å². The summed E-state index contributed by atoms with van der Waals surface area (Å²) in [5.41, 5.74) is 0.507. The molecule has 0 aliphatic carbocycles. The van der Waals surface area contributed by atoms with Crippen LogP contribution in [-0.2, 0) is 29.5 Å². The average molecular weight is 1260 g/mol. The zero-order valence-corrected chi connectivity index (χ0v) is 39.5. The van der Waals surface area contributed by atoms with E-state index >= 15 is 0 Å². The molecule has 270 valence electrons. The van der Waals surface area contributed by atoms with Crippen LogP contribution in [0.25, 0.3) is 0 Å². The smallest absolute Gasteiger partial charge is 0.335 e. The van der Waals surface area contributed by atoms with Gasteiger partial charge >= 0.3 is 5.97 Å². The number of nitrogens with one attached hydrogen (secondary N) is 2. The standard InChI is InChI=1S/C9H8Br3NO3S.C9H9Br2NO3S.C8H5Br3O4S/c1-13-8(14)6-3-2-4-7(5-6)17(15,16)9(10,11)12;1-12-8(13)6-3-2-4-7(5-6)16(14,15)9(10)11;9-8(10,11)16(14,15)6-3-1-2-5(4-6)7(12)13/h2-5H,1H3,(H,13,14);2-5,9H,1H3,(H,12,13);1-4H,(H,12,13). The van der Waals surface area contributed by atoms with Crippen LogP contribution in [0.1, 0.15) is 31.1 Å². The third-order valence-corrected chi connectivity index (χ3v) is 20.5. The fourth-order valence-electron chi connectivity index (χ4n) is 3.07. The van der Waals surface area contributed by atoms with Gasteiger partial charge in [-0.1, -0.05) is 50.1 Å². The highest BCUT2D eigenvalue weighted by atomic mass is 80.0. The minimum Gasteiger partial charge on any atom is -0.478 e. The number of aromatic carboxylic acids is 1. The van der Waals surface area contributed by atoms with Crippen molar-refractivity contribution >= 4 is 175 Å². The maximum Gasteiger partial charge on any atom is 0.335 e. The largest absolute Gasteiger partial charge is 0.478 e. The van der Waals surface area contributed by atoms with Gasteiger partial charge in [0, 0.05) is 25.2 Å². The van der Waals surface area contributed by atoms with Gasteiger partial charge < -0.3 is 15.7 Å². The molecule has 0 bridgehead atoms. The molecule has 3 aromatic rings. The van der Waals surface area contributed by atoms with E-state index in [1.54, 1.807) is 6.07 Å². The minimum absolute atomic E-state index is 0.0317. The Labute approximate surface area is 350 Å².